The van der Waals surface area contributed by atoms with E-state index in [4.69, 9.17) is 5.73 Å². The number of nitrogens with zero attached hydrogens (tertiary/aromatic N) is 1. The van der Waals surface area contributed by atoms with Crippen molar-refractivity contribution in [3.05, 3.63) is 75.8 Å². The van der Waals surface area contributed by atoms with E-state index < -0.39 is 10.9 Å². The molecular weight excluding hydrogens is 460 g/mol. The first-order valence-electron chi connectivity index (χ1n) is 10.2. The number of anilines is 1. The van der Waals surface area contributed by atoms with Crippen LogP contribution in [0.1, 0.15) is 79.9 Å². The van der Waals surface area contributed by atoms with Crippen LogP contribution in [0.15, 0.2) is 54.6 Å². The zero-order valence-corrected chi connectivity index (χ0v) is 18.9. The van der Waals surface area contributed by atoms with Gasteiger partial charge < -0.3 is 15.2 Å². The first kappa shape index (κ1) is 39.5. The Balaban J connectivity index is -0.000000257. The molecule has 1 atom stereocenters. The number of non-ortho nitro benzene ring substituents is 1. The van der Waals surface area contributed by atoms with E-state index in [0.717, 1.165) is 17.7 Å². The number of ether oxygens (including phenoxy) is 2. The summed E-state index contributed by atoms with van der Waals surface area (Å²) in [7, 11) is 2.70. The van der Waals surface area contributed by atoms with Gasteiger partial charge in [0.25, 0.3) is 5.69 Å². The molecule has 0 heterocycles. The van der Waals surface area contributed by atoms with E-state index in [9.17, 15) is 19.7 Å². The third kappa shape index (κ3) is 13.3. The maximum absolute atomic E-state index is 11.2. The topological polar surface area (TPSA) is 122 Å². The van der Waals surface area contributed by atoms with Gasteiger partial charge in [0, 0.05) is 23.9 Å². The number of rotatable bonds is 8. The van der Waals surface area contributed by atoms with Gasteiger partial charge in [0.1, 0.15) is 0 Å². The molecule has 2 aromatic rings. The summed E-state index contributed by atoms with van der Waals surface area (Å²) >= 11 is 0. The summed E-state index contributed by atoms with van der Waals surface area (Å²) in [5.41, 5.74) is 8.90. The summed E-state index contributed by atoms with van der Waals surface area (Å²) in [6, 6.07) is 13.8. The van der Waals surface area contributed by atoms with Crippen molar-refractivity contribution in [3.8, 4) is 0 Å². The van der Waals surface area contributed by atoms with Crippen LogP contribution >= 0.6 is 0 Å². The Morgan fingerprint density at radius 2 is 1.61 bits per heavy atom. The third-order valence-corrected chi connectivity index (χ3v) is 4.82. The SMILES string of the molecule is C.C.C.C.CC/C(=C\C(=O)OC)c1cccc([N+](=O)[O-])c1.CCC(CC(=O)OC)c1cccc(N)c1. The van der Waals surface area contributed by atoms with Crippen LogP contribution in [0.2, 0.25) is 0 Å². The lowest BCUT2D eigenvalue weighted by Crippen LogP contribution is -2.08. The Hall–Kier alpha value is -3.68. The zero-order chi connectivity index (χ0) is 24.1. The summed E-state index contributed by atoms with van der Waals surface area (Å²) in [5, 5.41) is 10.6. The van der Waals surface area contributed by atoms with Crippen molar-refractivity contribution in [2.24, 2.45) is 0 Å². The lowest BCUT2D eigenvalue weighted by molar-refractivity contribution is -0.384. The van der Waals surface area contributed by atoms with E-state index in [0.29, 0.717) is 24.0 Å². The van der Waals surface area contributed by atoms with Crippen molar-refractivity contribution in [3.63, 3.8) is 0 Å². The monoisotopic (exact) mass is 506 g/mol. The summed E-state index contributed by atoms with van der Waals surface area (Å²) in [4.78, 5) is 32.5. The molecule has 0 fully saturated rings. The maximum atomic E-state index is 11.2. The molecule has 0 aromatic heterocycles. The number of carbonyl (C=O) groups is 2. The Bertz CT molecular complexity index is 957. The molecule has 0 aliphatic rings. The van der Waals surface area contributed by atoms with Crippen LogP contribution in [0.4, 0.5) is 11.4 Å². The van der Waals surface area contributed by atoms with Crippen LogP contribution in [-0.4, -0.2) is 31.1 Å². The number of carbonyl (C=O) groups excluding carboxylic acids is 2. The molecule has 204 valence electrons. The molecule has 0 saturated carbocycles. The highest BCUT2D eigenvalue weighted by Crippen LogP contribution is 2.25. The van der Waals surface area contributed by atoms with E-state index in [1.807, 2.05) is 31.2 Å². The van der Waals surface area contributed by atoms with Gasteiger partial charge in [0.15, 0.2) is 0 Å². The van der Waals surface area contributed by atoms with Gasteiger partial charge in [-0.3, -0.25) is 14.9 Å². The number of nitro groups is 1. The molecule has 8 nitrogen and oxygen atoms in total. The minimum atomic E-state index is -0.464. The van der Waals surface area contributed by atoms with Gasteiger partial charge in [-0.2, -0.15) is 0 Å². The van der Waals surface area contributed by atoms with E-state index in [2.05, 4.69) is 16.4 Å². The summed E-state index contributed by atoms with van der Waals surface area (Å²) in [5.74, 6) is -0.446. The van der Waals surface area contributed by atoms with Crippen molar-refractivity contribution in [2.75, 3.05) is 20.0 Å². The number of nitrogens with two attached hydrogens (primary N) is 1. The smallest absolute Gasteiger partial charge is 0.330 e. The highest BCUT2D eigenvalue weighted by Gasteiger charge is 2.14. The van der Waals surface area contributed by atoms with E-state index in [1.165, 1.54) is 32.4 Å². The predicted molar refractivity (Wildman–Crippen MR) is 151 cm³/mol. The summed E-state index contributed by atoms with van der Waals surface area (Å²) in [6.45, 7) is 3.92. The third-order valence-electron chi connectivity index (χ3n) is 4.82. The highest BCUT2D eigenvalue weighted by molar-refractivity contribution is 5.91. The van der Waals surface area contributed by atoms with Crippen LogP contribution in [0, 0.1) is 10.1 Å². The van der Waals surface area contributed by atoms with Crippen LogP contribution in [0.5, 0.6) is 0 Å². The second-order valence-corrected chi connectivity index (χ2v) is 6.91. The fraction of sp³-hybridized carbons (Fsp3) is 0.429. The largest absolute Gasteiger partial charge is 0.469 e. The molecule has 8 heteroatoms. The summed E-state index contributed by atoms with van der Waals surface area (Å²) in [6.07, 6.45) is 3.25. The van der Waals surface area contributed by atoms with Crippen LogP contribution in [0.25, 0.3) is 5.57 Å². The lowest BCUT2D eigenvalue weighted by Gasteiger charge is -2.14. The average molecular weight is 507 g/mol. The summed E-state index contributed by atoms with van der Waals surface area (Å²) < 4.78 is 9.20. The number of methoxy groups -OCH3 is 2. The molecule has 36 heavy (non-hydrogen) atoms. The number of hydrogen-bond donors (Lipinski definition) is 1. The van der Waals surface area contributed by atoms with Crippen LogP contribution < -0.4 is 5.73 Å². The van der Waals surface area contributed by atoms with Crippen LogP contribution in [0.3, 0.4) is 0 Å². The molecule has 0 radical (unpaired) electrons. The van der Waals surface area contributed by atoms with Gasteiger partial charge in [-0.25, -0.2) is 4.79 Å². The molecule has 0 amide bonds. The first-order valence-corrected chi connectivity index (χ1v) is 10.2. The first-order chi connectivity index (χ1) is 15.2. The molecule has 0 bridgehead atoms. The molecule has 0 saturated heterocycles. The van der Waals surface area contributed by atoms with E-state index in [1.54, 1.807) is 12.1 Å². The van der Waals surface area contributed by atoms with Crippen molar-refractivity contribution in [1.82, 2.24) is 0 Å². The highest BCUT2D eigenvalue weighted by atomic mass is 16.6. The molecule has 2 aromatic carbocycles. The van der Waals surface area contributed by atoms with E-state index in [-0.39, 0.29) is 47.3 Å². The molecule has 2 rings (SSSR count). The Morgan fingerprint density at radius 3 is 2.08 bits per heavy atom. The molecule has 0 aliphatic heterocycles. The lowest BCUT2D eigenvalue weighted by atomic mass is 9.93. The van der Waals surface area contributed by atoms with Gasteiger partial charge >= 0.3 is 11.9 Å². The van der Waals surface area contributed by atoms with Gasteiger partial charge in [-0.15, -0.1) is 0 Å². The molecular formula is C28H46N2O6. The van der Waals surface area contributed by atoms with Crippen molar-refractivity contribution in [2.45, 2.75) is 68.7 Å². The minimum absolute atomic E-state index is 0. The Kier molecular flexibility index (Phi) is 22.7. The van der Waals surface area contributed by atoms with Crippen molar-refractivity contribution < 1.29 is 24.0 Å². The van der Waals surface area contributed by atoms with Crippen LogP contribution in [-0.2, 0) is 19.1 Å². The fourth-order valence-electron chi connectivity index (χ4n) is 3.01. The Morgan fingerprint density at radius 1 is 1.00 bits per heavy atom. The second-order valence-electron chi connectivity index (χ2n) is 6.91. The van der Waals surface area contributed by atoms with Gasteiger partial charge in [-0.05, 0) is 47.6 Å². The molecule has 2 N–H and O–H groups in total. The average Bonchev–Trinajstić information content (AvgIpc) is 2.80. The fourth-order valence-corrected chi connectivity index (χ4v) is 3.01. The normalized spacial score (nSPS) is 10.3. The quantitative estimate of drug-likeness (QED) is 0.130. The number of nitrogen functional groups attached to an aromatic ring is 1. The number of hydrogen-bond acceptors (Lipinski definition) is 7. The second kappa shape index (κ2) is 20.7. The van der Waals surface area contributed by atoms with E-state index >= 15 is 0 Å². The minimum Gasteiger partial charge on any atom is -0.469 e. The zero-order valence-electron chi connectivity index (χ0n) is 18.9. The Labute approximate surface area is 217 Å². The standard InChI is InChI=1S/C12H13NO4.C12H17NO2.4CH4/c1-3-9(8-12(14)17-2)10-5-4-6-11(7-10)13(15)16;1-3-9(8-12(14)15-2)10-5-4-6-11(13)7-10;;;;/h4-8H,3H2,1-2H3;4-7,9H,3,8,13H2,1-2H3;4*1H4/b9-8+;;;;;. The van der Waals surface area contributed by atoms with Gasteiger partial charge in [0.2, 0.25) is 0 Å². The number of benzene rings is 2. The number of esters is 2. The molecule has 0 aliphatic carbocycles. The number of nitro benzene ring substituents is 1. The van der Waals surface area contributed by atoms with Gasteiger partial charge in [-0.1, -0.05) is 67.8 Å². The molecule has 1 unspecified atom stereocenters. The predicted octanol–water partition coefficient (Wildman–Crippen LogP) is 7.43. The van der Waals surface area contributed by atoms with Gasteiger partial charge in [0.05, 0.1) is 25.6 Å². The maximum Gasteiger partial charge on any atom is 0.330 e. The molecule has 0 spiro atoms. The van der Waals surface area contributed by atoms with Crippen molar-refractivity contribution in [1.29, 1.82) is 0 Å². The number of allylic oxidation sites excluding steroid dienone is 1. The van der Waals surface area contributed by atoms with Crippen molar-refractivity contribution >= 4 is 28.9 Å².